The van der Waals surface area contributed by atoms with Crippen LogP contribution in [0.4, 0.5) is 0 Å². The topological polar surface area (TPSA) is 79.1 Å². The van der Waals surface area contributed by atoms with Gasteiger partial charge in [-0.15, -0.1) is 11.3 Å². The molecule has 4 rings (SSSR count). The van der Waals surface area contributed by atoms with Gasteiger partial charge < -0.3 is 15.8 Å². The van der Waals surface area contributed by atoms with Gasteiger partial charge in [-0.2, -0.15) is 0 Å². The molecule has 0 amide bonds. The van der Waals surface area contributed by atoms with Gasteiger partial charge in [0.05, 0.1) is 5.52 Å². The molecule has 0 aliphatic heterocycles. The van der Waals surface area contributed by atoms with Gasteiger partial charge in [-0.05, 0) is 51.5 Å². The summed E-state index contributed by atoms with van der Waals surface area (Å²) < 4.78 is 1.31. The van der Waals surface area contributed by atoms with E-state index in [1.54, 1.807) is 6.07 Å². The van der Waals surface area contributed by atoms with Crippen molar-refractivity contribution in [3.63, 3.8) is 0 Å². The zero-order valence-electron chi connectivity index (χ0n) is 13.3. The summed E-state index contributed by atoms with van der Waals surface area (Å²) in [7, 11) is 0. The smallest absolute Gasteiger partial charge is 0.266 e. The largest absolute Gasteiger partial charge is 0.507 e. The number of H-pyrrole nitrogens is 1. The van der Waals surface area contributed by atoms with Crippen LogP contribution in [-0.4, -0.2) is 10.1 Å². The lowest BCUT2D eigenvalue weighted by atomic mass is 9.96. The molecule has 6 heteroatoms. The molecule has 2 aromatic carbocycles. The lowest BCUT2D eigenvalue weighted by molar-refractivity contribution is 0.477. The molecule has 0 aliphatic rings. The molecule has 2 heterocycles. The van der Waals surface area contributed by atoms with Crippen molar-refractivity contribution in [1.29, 1.82) is 0 Å². The summed E-state index contributed by atoms with van der Waals surface area (Å²) in [5.41, 5.74) is 9.09. The monoisotopic (exact) mass is 414 g/mol. The Balaban J connectivity index is 2.13. The van der Waals surface area contributed by atoms with Crippen LogP contribution in [0.25, 0.3) is 32.1 Å². The molecule has 0 saturated carbocycles. The number of nitrogens with one attached hydrogen (secondary N) is 1. The van der Waals surface area contributed by atoms with E-state index >= 15 is 0 Å². The molecule has 0 aliphatic carbocycles. The van der Waals surface area contributed by atoms with E-state index < -0.39 is 0 Å². The average Bonchev–Trinajstić information content (AvgIpc) is 3.07. The van der Waals surface area contributed by atoms with Crippen LogP contribution in [0.2, 0.25) is 0 Å². The number of thiophene rings is 1. The average molecular weight is 415 g/mol. The molecule has 0 radical (unpaired) electrons. The first-order valence-electron chi connectivity index (χ1n) is 7.78. The van der Waals surface area contributed by atoms with Gasteiger partial charge in [0.15, 0.2) is 0 Å². The zero-order chi connectivity index (χ0) is 17.7. The van der Waals surface area contributed by atoms with Crippen molar-refractivity contribution in [3.8, 4) is 16.9 Å². The van der Waals surface area contributed by atoms with Crippen molar-refractivity contribution in [3.05, 3.63) is 62.2 Å². The SMILES string of the molecule is CC(N)c1ccc(-c2c(O)cc(Br)c3[nH]c(=O)c4sccc4c23)cc1. The van der Waals surface area contributed by atoms with Gasteiger partial charge in [0.25, 0.3) is 5.56 Å². The first kappa shape index (κ1) is 16.3. The third-order valence-corrected chi connectivity index (χ3v) is 5.90. The van der Waals surface area contributed by atoms with Crippen LogP contribution in [-0.2, 0) is 0 Å². The summed E-state index contributed by atoms with van der Waals surface area (Å²) in [6.07, 6.45) is 0. The number of aromatic amines is 1. The predicted octanol–water partition coefficient (Wildman–Crippen LogP) is 4.90. The van der Waals surface area contributed by atoms with Crippen LogP contribution < -0.4 is 11.3 Å². The van der Waals surface area contributed by atoms with Gasteiger partial charge in [0.1, 0.15) is 10.4 Å². The maximum absolute atomic E-state index is 12.3. The molecule has 4 aromatic rings. The number of benzene rings is 2. The van der Waals surface area contributed by atoms with E-state index in [-0.39, 0.29) is 17.4 Å². The molecular weight excluding hydrogens is 400 g/mol. The third kappa shape index (κ3) is 2.57. The zero-order valence-corrected chi connectivity index (χ0v) is 15.7. The van der Waals surface area contributed by atoms with E-state index in [9.17, 15) is 9.90 Å². The number of aromatic hydroxyl groups is 1. The Morgan fingerprint density at radius 1 is 1.24 bits per heavy atom. The number of aromatic nitrogens is 1. The second-order valence-corrected chi connectivity index (χ2v) is 7.80. The molecule has 4 nitrogen and oxygen atoms in total. The minimum absolute atomic E-state index is 0.0516. The third-order valence-electron chi connectivity index (χ3n) is 4.36. The van der Waals surface area contributed by atoms with Crippen LogP contribution in [0.15, 0.2) is 51.0 Å². The van der Waals surface area contributed by atoms with Crippen molar-refractivity contribution in [2.75, 3.05) is 0 Å². The van der Waals surface area contributed by atoms with E-state index in [1.807, 2.05) is 42.6 Å². The Hall–Kier alpha value is -2.15. The maximum atomic E-state index is 12.3. The van der Waals surface area contributed by atoms with Crippen LogP contribution >= 0.6 is 27.3 Å². The normalized spacial score (nSPS) is 12.8. The molecule has 0 fully saturated rings. The van der Waals surface area contributed by atoms with E-state index in [4.69, 9.17) is 5.73 Å². The number of rotatable bonds is 2. The molecule has 0 spiro atoms. The molecule has 25 heavy (non-hydrogen) atoms. The highest BCUT2D eigenvalue weighted by Crippen LogP contribution is 2.42. The van der Waals surface area contributed by atoms with Gasteiger partial charge in [-0.3, -0.25) is 4.79 Å². The van der Waals surface area contributed by atoms with Crippen molar-refractivity contribution in [2.24, 2.45) is 5.73 Å². The Morgan fingerprint density at radius 2 is 1.96 bits per heavy atom. The molecule has 1 atom stereocenters. The minimum Gasteiger partial charge on any atom is -0.507 e. The minimum atomic E-state index is -0.123. The summed E-state index contributed by atoms with van der Waals surface area (Å²) >= 11 is 4.84. The molecule has 126 valence electrons. The van der Waals surface area contributed by atoms with E-state index in [2.05, 4.69) is 20.9 Å². The Kier molecular flexibility index (Phi) is 3.91. The Labute approximate surface area is 156 Å². The number of phenols is 1. The van der Waals surface area contributed by atoms with Gasteiger partial charge in [0.2, 0.25) is 0 Å². The van der Waals surface area contributed by atoms with Gasteiger partial charge in [-0.1, -0.05) is 24.3 Å². The molecule has 2 aromatic heterocycles. The first-order chi connectivity index (χ1) is 12.0. The summed E-state index contributed by atoms with van der Waals surface area (Å²) in [6.45, 7) is 1.93. The van der Waals surface area contributed by atoms with Crippen LogP contribution in [0.5, 0.6) is 5.75 Å². The van der Waals surface area contributed by atoms with Crippen molar-refractivity contribution in [1.82, 2.24) is 4.98 Å². The molecule has 0 saturated heterocycles. The number of halogens is 1. The lowest BCUT2D eigenvalue weighted by Crippen LogP contribution is -2.05. The van der Waals surface area contributed by atoms with E-state index in [0.29, 0.717) is 20.3 Å². The van der Waals surface area contributed by atoms with E-state index in [1.165, 1.54) is 11.3 Å². The lowest BCUT2D eigenvalue weighted by Gasteiger charge is -2.13. The summed E-state index contributed by atoms with van der Waals surface area (Å²) in [6, 6.07) is 11.3. The number of nitrogens with two attached hydrogens (primary N) is 1. The number of pyridine rings is 1. The van der Waals surface area contributed by atoms with Crippen molar-refractivity contribution < 1.29 is 5.11 Å². The van der Waals surface area contributed by atoms with E-state index in [0.717, 1.165) is 21.9 Å². The number of hydrogen-bond acceptors (Lipinski definition) is 4. The molecular formula is C19H15BrN2O2S. The number of phenolic OH excluding ortho intramolecular Hbond substituents is 1. The number of hydrogen-bond donors (Lipinski definition) is 3. The number of fused-ring (bicyclic) bond motifs is 3. The standard InChI is InChI=1S/C19H15BrN2O2S/c1-9(21)10-2-4-11(5-3-10)15-14(23)8-13(20)17-16(15)12-6-7-25-18(12)19(24)22-17/h2-9,23H,21H2,1H3,(H,22,24). The maximum Gasteiger partial charge on any atom is 0.266 e. The fraction of sp³-hybridized carbons (Fsp3) is 0.105. The molecule has 4 N–H and O–H groups in total. The quantitative estimate of drug-likeness (QED) is 0.436. The summed E-state index contributed by atoms with van der Waals surface area (Å²) in [4.78, 5) is 15.2. The highest BCUT2D eigenvalue weighted by Gasteiger charge is 2.18. The second-order valence-electron chi connectivity index (χ2n) is 6.03. The van der Waals surface area contributed by atoms with Crippen LogP contribution in [0.3, 0.4) is 0 Å². The van der Waals surface area contributed by atoms with Crippen LogP contribution in [0.1, 0.15) is 18.5 Å². The highest BCUT2D eigenvalue weighted by molar-refractivity contribution is 9.10. The predicted molar refractivity (Wildman–Crippen MR) is 107 cm³/mol. The fourth-order valence-corrected chi connectivity index (χ4v) is 4.44. The molecule has 1 unspecified atom stereocenters. The van der Waals surface area contributed by atoms with Gasteiger partial charge in [0, 0.05) is 26.9 Å². The Morgan fingerprint density at radius 3 is 2.64 bits per heavy atom. The summed E-state index contributed by atoms with van der Waals surface area (Å²) in [5, 5.41) is 14.2. The Bertz CT molecular complexity index is 1160. The second kappa shape index (κ2) is 5.98. The van der Waals surface area contributed by atoms with Crippen LogP contribution in [0, 0.1) is 0 Å². The van der Waals surface area contributed by atoms with Gasteiger partial charge in [-0.25, -0.2) is 0 Å². The van der Waals surface area contributed by atoms with Crippen molar-refractivity contribution >= 4 is 48.3 Å². The first-order valence-corrected chi connectivity index (χ1v) is 9.45. The molecule has 0 bridgehead atoms. The summed E-state index contributed by atoms with van der Waals surface area (Å²) in [5.74, 6) is 0.160. The van der Waals surface area contributed by atoms with Crippen molar-refractivity contribution in [2.45, 2.75) is 13.0 Å². The van der Waals surface area contributed by atoms with Gasteiger partial charge >= 0.3 is 0 Å². The fourth-order valence-electron chi connectivity index (χ4n) is 3.13. The highest BCUT2D eigenvalue weighted by atomic mass is 79.9.